The number of benzene rings is 1. The first kappa shape index (κ1) is 17.4. The number of imidazole rings is 1. The van der Waals surface area contributed by atoms with Crippen LogP contribution in [0.3, 0.4) is 0 Å². The van der Waals surface area contributed by atoms with Gasteiger partial charge in [0, 0.05) is 46.0 Å². The lowest BCUT2D eigenvalue weighted by molar-refractivity contribution is 0.641. The molecule has 0 spiro atoms. The highest BCUT2D eigenvalue weighted by molar-refractivity contribution is 5.73. The van der Waals surface area contributed by atoms with E-state index in [4.69, 9.17) is 0 Å². The maximum absolute atomic E-state index is 12.4. The summed E-state index contributed by atoms with van der Waals surface area (Å²) in [5.74, 6) is 0.643. The fourth-order valence-corrected chi connectivity index (χ4v) is 3.70. The summed E-state index contributed by atoms with van der Waals surface area (Å²) in [5, 5.41) is 0. The normalized spacial score (nSPS) is 15.0. The minimum atomic E-state index is -0.370. The molecular weight excluding hydrogens is 344 g/mol. The Morgan fingerprint density at radius 1 is 0.963 bits per heavy atom. The third kappa shape index (κ3) is 2.72. The minimum absolute atomic E-state index is 0.346. The van der Waals surface area contributed by atoms with Crippen molar-refractivity contribution in [2.75, 3.05) is 36.0 Å². The Hall–Kier alpha value is -3.03. The van der Waals surface area contributed by atoms with Crippen molar-refractivity contribution in [1.82, 2.24) is 19.1 Å². The van der Waals surface area contributed by atoms with E-state index in [-0.39, 0.29) is 11.2 Å². The van der Waals surface area contributed by atoms with Crippen LogP contribution in [0.4, 0.5) is 11.6 Å². The van der Waals surface area contributed by atoms with E-state index < -0.39 is 0 Å². The highest BCUT2D eigenvalue weighted by Crippen LogP contribution is 2.25. The molecule has 3 aromatic rings. The van der Waals surface area contributed by atoms with Crippen LogP contribution in [-0.2, 0) is 14.1 Å². The molecule has 1 N–H and O–H groups in total. The molecule has 8 heteroatoms. The van der Waals surface area contributed by atoms with Crippen LogP contribution in [0.15, 0.2) is 27.8 Å². The Balaban J connectivity index is 1.61. The van der Waals surface area contributed by atoms with Crippen LogP contribution in [0, 0.1) is 13.8 Å². The molecule has 0 aliphatic carbocycles. The number of fused-ring (bicyclic) bond motifs is 1. The Labute approximate surface area is 156 Å². The molecule has 0 radical (unpaired) electrons. The van der Waals surface area contributed by atoms with Crippen molar-refractivity contribution in [3.63, 3.8) is 0 Å². The van der Waals surface area contributed by atoms with Gasteiger partial charge in [-0.05, 0) is 31.0 Å². The van der Waals surface area contributed by atoms with Crippen molar-refractivity contribution >= 4 is 22.8 Å². The van der Waals surface area contributed by atoms with E-state index in [1.165, 1.54) is 28.4 Å². The quantitative estimate of drug-likeness (QED) is 0.727. The predicted molar refractivity (Wildman–Crippen MR) is 107 cm³/mol. The van der Waals surface area contributed by atoms with Crippen LogP contribution in [0.5, 0.6) is 0 Å². The molecule has 0 bridgehead atoms. The Morgan fingerprint density at radius 2 is 1.63 bits per heavy atom. The standard InChI is InChI=1S/C19H24N6O2/c1-12-6-5-7-14(13(12)2)24-8-10-25(11-9-24)18-20-15-16(21-18)22(3)19(27)23(4)17(15)26/h5-7H,8-11H2,1-4H3,(H,20,21). The molecule has 0 unspecified atom stereocenters. The number of anilines is 2. The van der Waals surface area contributed by atoms with Crippen LogP contribution in [0.25, 0.3) is 11.2 Å². The highest BCUT2D eigenvalue weighted by atomic mass is 16.2. The number of nitrogens with one attached hydrogen (secondary N) is 1. The van der Waals surface area contributed by atoms with Gasteiger partial charge in [0.1, 0.15) is 0 Å². The number of hydrogen-bond acceptors (Lipinski definition) is 5. The van der Waals surface area contributed by atoms with Gasteiger partial charge >= 0.3 is 5.69 Å². The SMILES string of the molecule is Cc1cccc(N2CCN(c3nc4c([nH]3)c(=O)n(C)c(=O)n4C)CC2)c1C. The second-order valence-electron chi connectivity index (χ2n) is 7.16. The van der Waals surface area contributed by atoms with Gasteiger partial charge in [-0.25, -0.2) is 4.79 Å². The molecule has 0 atom stereocenters. The number of aromatic amines is 1. The minimum Gasteiger partial charge on any atom is -0.368 e. The van der Waals surface area contributed by atoms with E-state index in [2.05, 4.69) is 51.8 Å². The average Bonchev–Trinajstić information content (AvgIpc) is 3.13. The lowest BCUT2D eigenvalue weighted by Gasteiger charge is -2.36. The van der Waals surface area contributed by atoms with Crippen LogP contribution in [0.1, 0.15) is 11.1 Å². The van der Waals surface area contributed by atoms with Gasteiger partial charge in [-0.1, -0.05) is 12.1 Å². The zero-order chi connectivity index (χ0) is 19.3. The first-order chi connectivity index (χ1) is 12.9. The lowest BCUT2D eigenvalue weighted by Crippen LogP contribution is -2.47. The Bertz CT molecular complexity index is 1130. The zero-order valence-electron chi connectivity index (χ0n) is 16.1. The van der Waals surface area contributed by atoms with Gasteiger partial charge in [0.05, 0.1) is 0 Å². The molecule has 1 fully saturated rings. The number of aryl methyl sites for hydroxylation is 2. The summed E-state index contributed by atoms with van der Waals surface area (Å²) in [6.07, 6.45) is 0. The van der Waals surface area contributed by atoms with Gasteiger partial charge in [0.25, 0.3) is 5.56 Å². The zero-order valence-corrected chi connectivity index (χ0v) is 16.1. The van der Waals surface area contributed by atoms with Gasteiger partial charge in [-0.2, -0.15) is 4.98 Å². The summed E-state index contributed by atoms with van der Waals surface area (Å²) in [6.45, 7) is 7.63. The van der Waals surface area contributed by atoms with Gasteiger partial charge < -0.3 is 14.8 Å². The second-order valence-corrected chi connectivity index (χ2v) is 7.16. The molecular formula is C19H24N6O2. The third-order valence-electron chi connectivity index (χ3n) is 5.58. The number of hydrogen-bond donors (Lipinski definition) is 1. The van der Waals surface area contributed by atoms with Gasteiger partial charge in [0.15, 0.2) is 11.2 Å². The van der Waals surface area contributed by atoms with Crippen LogP contribution in [0.2, 0.25) is 0 Å². The summed E-state index contributed by atoms with van der Waals surface area (Å²) in [5.41, 5.74) is 3.93. The van der Waals surface area contributed by atoms with Crippen molar-refractivity contribution in [2.24, 2.45) is 14.1 Å². The molecule has 1 aliphatic heterocycles. The monoisotopic (exact) mass is 368 g/mol. The van der Waals surface area contributed by atoms with Gasteiger partial charge in [-0.15, -0.1) is 0 Å². The van der Waals surface area contributed by atoms with E-state index in [0.717, 1.165) is 30.7 Å². The summed E-state index contributed by atoms with van der Waals surface area (Å²) in [6, 6.07) is 6.40. The molecule has 1 aliphatic rings. The van der Waals surface area contributed by atoms with Crippen LogP contribution < -0.4 is 21.0 Å². The highest BCUT2D eigenvalue weighted by Gasteiger charge is 2.22. The van der Waals surface area contributed by atoms with Gasteiger partial charge in [-0.3, -0.25) is 13.9 Å². The summed E-state index contributed by atoms with van der Waals surface area (Å²) in [7, 11) is 3.11. The van der Waals surface area contributed by atoms with Crippen molar-refractivity contribution in [3.8, 4) is 0 Å². The van der Waals surface area contributed by atoms with E-state index in [0.29, 0.717) is 17.1 Å². The largest absolute Gasteiger partial charge is 0.368 e. The van der Waals surface area contributed by atoms with E-state index in [9.17, 15) is 9.59 Å². The Kier molecular flexibility index (Phi) is 4.05. The molecule has 1 saturated heterocycles. The van der Waals surface area contributed by atoms with Crippen molar-refractivity contribution in [1.29, 1.82) is 0 Å². The molecule has 142 valence electrons. The first-order valence-corrected chi connectivity index (χ1v) is 9.10. The molecule has 0 saturated carbocycles. The maximum Gasteiger partial charge on any atom is 0.332 e. The van der Waals surface area contributed by atoms with Crippen molar-refractivity contribution in [3.05, 3.63) is 50.2 Å². The number of rotatable bonds is 2. The number of piperazine rings is 1. The molecule has 0 amide bonds. The molecule has 27 heavy (non-hydrogen) atoms. The predicted octanol–water partition coefficient (Wildman–Crippen LogP) is 0.904. The first-order valence-electron chi connectivity index (χ1n) is 9.10. The van der Waals surface area contributed by atoms with Crippen LogP contribution in [-0.4, -0.2) is 45.3 Å². The molecule has 2 aromatic heterocycles. The fourth-order valence-electron chi connectivity index (χ4n) is 3.70. The van der Waals surface area contributed by atoms with Gasteiger partial charge in [0.2, 0.25) is 5.95 Å². The summed E-state index contributed by atoms with van der Waals surface area (Å²) < 4.78 is 2.51. The smallest absolute Gasteiger partial charge is 0.332 e. The average molecular weight is 368 g/mol. The number of aromatic nitrogens is 4. The van der Waals surface area contributed by atoms with Crippen molar-refractivity contribution in [2.45, 2.75) is 13.8 Å². The maximum atomic E-state index is 12.4. The third-order valence-corrected chi connectivity index (χ3v) is 5.58. The van der Waals surface area contributed by atoms with E-state index >= 15 is 0 Å². The Morgan fingerprint density at radius 3 is 2.33 bits per heavy atom. The second kappa shape index (κ2) is 6.29. The molecule has 4 rings (SSSR count). The van der Waals surface area contributed by atoms with Crippen molar-refractivity contribution < 1.29 is 0 Å². The molecule has 3 heterocycles. The summed E-state index contributed by atoms with van der Waals surface area (Å²) in [4.78, 5) is 36.6. The lowest BCUT2D eigenvalue weighted by atomic mass is 10.1. The summed E-state index contributed by atoms with van der Waals surface area (Å²) >= 11 is 0. The van der Waals surface area contributed by atoms with Crippen LogP contribution >= 0.6 is 0 Å². The molecule has 1 aromatic carbocycles. The molecule has 8 nitrogen and oxygen atoms in total. The number of H-pyrrole nitrogens is 1. The van der Waals surface area contributed by atoms with E-state index in [1.54, 1.807) is 7.05 Å². The fraction of sp³-hybridized carbons (Fsp3) is 0.421. The van der Waals surface area contributed by atoms with E-state index in [1.807, 2.05) is 0 Å². The topological polar surface area (TPSA) is 79.2 Å². The number of nitrogens with zero attached hydrogens (tertiary/aromatic N) is 5.